The molecule has 0 aliphatic carbocycles. The lowest BCUT2D eigenvalue weighted by Crippen LogP contribution is -2.02. The Morgan fingerprint density at radius 1 is 1.62 bits per heavy atom. The summed E-state index contributed by atoms with van der Waals surface area (Å²) in [6.07, 6.45) is 1.92. The Labute approximate surface area is 91.9 Å². The molecule has 0 saturated heterocycles. The van der Waals surface area contributed by atoms with Crippen LogP contribution in [-0.4, -0.2) is 22.5 Å². The fourth-order valence-corrected chi connectivity index (χ4v) is 1.54. The molecule has 80 valence electrons. The molecule has 0 aromatic carbocycles. The summed E-state index contributed by atoms with van der Waals surface area (Å²) in [4.78, 5) is 15.6. The van der Waals surface area contributed by atoms with Gasteiger partial charge in [-0.05, 0) is 12.1 Å². The molecule has 0 atom stereocenters. The molecule has 2 heterocycles. The molecule has 0 N–H and O–H groups in total. The molecule has 0 unspecified atom stereocenters. The quantitative estimate of drug-likeness (QED) is 0.705. The summed E-state index contributed by atoms with van der Waals surface area (Å²) in [6, 6.07) is 7.40. The third-order valence-electron chi connectivity index (χ3n) is 2.24. The summed E-state index contributed by atoms with van der Waals surface area (Å²) >= 11 is 0. The van der Waals surface area contributed by atoms with Gasteiger partial charge in [-0.2, -0.15) is 5.26 Å². The van der Waals surface area contributed by atoms with Crippen molar-refractivity contribution in [3.63, 3.8) is 0 Å². The number of nitriles is 1. The maximum atomic E-state index is 11.5. The highest BCUT2D eigenvalue weighted by atomic mass is 16.5. The summed E-state index contributed by atoms with van der Waals surface area (Å²) in [7, 11) is 1.31. The molecule has 2 rings (SSSR count). The molecule has 2 aromatic heterocycles. The van der Waals surface area contributed by atoms with Crippen molar-refractivity contribution in [2.75, 3.05) is 7.11 Å². The van der Waals surface area contributed by atoms with Gasteiger partial charge in [0.15, 0.2) is 5.69 Å². The molecular formula is C11H9N3O2. The predicted octanol–water partition coefficient (Wildman–Crippen LogP) is 1.19. The normalized spacial score (nSPS) is 10.0. The monoisotopic (exact) mass is 215 g/mol. The van der Waals surface area contributed by atoms with Gasteiger partial charge in [0.05, 0.1) is 25.1 Å². The van der Waals surface area contributed by atoms with Gasteiger partial charge in [0.2, 0.25) is 0 Å². The van der Waals surface area contributed by atoms with E-state index in [-0.39, 0.29) is 12.1 Å². The first kappa shape index (κ1) is 10.2. The van der Waals surface area contributed by atoms with Gasteiger partial charge in [0.1, 0.15) is 5.82 Å². The van der Waals surface area contributed by atoms with Crippen molar-refractivity contribution in [3.05, 3.63) is 35.9 Å². The molecule has 0 spiro atoms. The largest absolute Gasteiger partial charge is 0.464 e. The standard InChI is InChI=1S/C11H9N3O2/c1-16-11(15)10-8-4-2-3-7-14(8)9(13-10)5-6-12/h2-4,7H,5H2,1H3. The minimum atomic E-state index is -0.493. The minimum Gasteiger partial charge on any atom is -0.464 e. The molecule has 0 amide bonds. The Balaban J connectivity index is 2.67. The summed E-state index contributed by atoms with van der Waals surface area (Å²) < 4.78 is 6.36. The van der Waals surface area contributed by atoms with E-state index < -0.39 is 5.97 Å². The minimum absolute atomic E-state index is 0.155. The van der Waals surface area contributed by atoms with E-state index in [9.17, 15) is 4.79 Å². The Morgan fingerprint density at radius 2 is 2.44 bits per heavy atom. The van der Waals surface area contributed by atoms with Crippen LogP contribution >= 0.6 is 0 Å². The van der Waals surface area contributed by atoms with Gasteiger partial charge in [-0.3, -0.25) is 0 Å². The van der Waals surface area contributed by atoms with Crippen LogP contribution in [0.2, 0.25) is 0 Å². The zero-order chi connectivity index (χ0) is 11.5. The number of esters is 1. The van der Waals surface area contributed by atoms with Crippen LogP contribution < -0.4 is 0 Å². The van der Waals surface area contributed by atoms with Crippen molar-refractivity contribution in [2.45, 2.75) is 6.42 Å². The van der Waals surface area contributed by atoms with Crippen molar-refractivity contribution in [3.8, 4) is 6.07 Å². The highest BCUT2D eigenvalue weighted by molar-refractivity contribution is 5.95. The van der Waals surface area contributed by atoms with Crippen molar-refractivity contribution in [1.82, 2.24) is 9.38 Å². The third kappa shape index (κ3) is 1.50. The molecule has 0 aliphatic heterocycles. The molecule has 0 aliphatic rings. The second-order valence-electron chi connectivity index (χ2n) is 3.16. The number of methoxy groups -OCH3 is 1. The second kappa shape index (κ2) is 4.03. The van der Waals surface area contributed by atoms with E-state index in [1.807, 2.05) is 12.1 Å². The number of aromatic nitrogens is 2. The first-order valence-electron chi connectivity index (χ1n) is 4.69. The Bertz CT molecular complexity index is 580. The summed E-state index contributed by atoms with van der Waals surface area (Å²) in [5.74, 6) is 0.0476. The highest BCUT2D eigenvalue weighted by Gasteiger charge is 2.16. The van der Waals surface area contributed by atoms with E-state index >= 15 is 0 Å². The summed E-state index contributed by atoms with van der Waals surface area (Å²) in [5, 5.41) is 8.66. The number of carbonyl (C=O) groups is 1. The number of pyridine rings is 1. The lowest BCUT2D eigenvalue weighted by atomic mass is 10.3. The van der Waals surface area contributed by atoms with Crippen molar-refractivity contribution in [2.24, 2.45) is 0 Å². The van der Waals surface area contributed by atoms with E-state index in [0.717, 1.165) is 0 Å². The number of ether oxygens (including phenoxy) is 1. The first-order chi connectivity index (χ1) is 7.77. The maximum Gasteiger partial charge on any atom is 0.358 e. The number of nitrogens with zero attached hydrogens (tertiary/aromatic N) is 3. The SMILES string of the molecule is COC(=O)c1nc(CC#N)n2ccccc12. The number of hydrogen-bond acceptors (Lipinski definition) is 4. The molecule has 0 fully saturated rings. The molecule has 5 nitrogen and oxygen atoms in total. The number of rotatable bonds is 2. The van der Waals surface area contributed by atoms with Crippen molar-refractivity contribution >= 4 is 11.5 Å². The van der Waals surface area contributed by atoms with Crippen LogP contribution in [0.4, 0.5) is 0 Å². The van der Waals surface area contributed by atoms with E-state index in [4.69, 9.17) is 5.26 Å². The Morgan fingerprint density at radius 3 is 3.12 bits per heavy atom. The molecule has 5 heteroatoms. The fraction of sp³-hybridized carbons (Fsp3) is 0.182. The number of fused-ring (bicyclic) bond motifs is 1. The summed E-state index contributed by atoms with van der Waals surface area (Å²) in [5.41, 5.74) is 0.896. The van der Waals surface area contributed by atoms with Crippen LogP contribution in [-0.2, 0) is 11.2 Å². The van der Waals surface area contributed by atoms with E-state index in [0.29, 0.717) is 11.3 Å². The molecule has 16 heavy (non-hydrogen) atoms. The molecule has 0 radical (unpaired) electrons. The van der Waals surface area contributed by atoms with Crippen molar-refractivity contribution < 1.29 is 9.53 Å². The predicted molar refractivity (Wildman–Crippen MR) is 55.8 cm³/mol. The number of hydrogen-bond donors (Lipinski definition) is 0. The van der Waals surface area contributed by atoms with Crippen LogP contribution in [0.1, 0.15) is 16.3 Å². The summed E-state index contributed by atoms with van der Waals surface area (Å²) in [6.45, 7) is 0. The Kier molecular flexibility index (Phi) is 2.56. The van der Waals surface area contributed by atoms with E-state index in [2.05, 4.69) is 9.72 Å². The van der Waals surface area contributed by atoms with Gasteiger partial charge in [0.25, 0.3) is 0 Å². The highest BCUT2D eigenvalue weighted by Crippen LogP contribution is 2.14. The van der Waals surface area contributed by atoms with Crippen LogP contribution in [0.5, 0.6) is 0 Å². The fourth-order valence-electron chi connectivity index (χ4n) is 1.54. The van der Waals surface area contributed by atoms with Gasteiger partial charge >= 0.3 is 5.97 Å². The van der Waals surface area contributed by atoms with Crippen LogP contribution in [0.3, 0.4) is 0 Å². The lowest BCUT2D eigenvalue weighted by molar-refractivity contribution is 0.0597. The average Bonchev–Trinajstić information content (AvgIpc) is 2.68. The van der Waals surface area contributed by atoms with Gasteiger partial charge in [0, 0.05) is 6.20 Å². The topological polar surface area (TPSA) is 67.4 Å². The van der Waals surface area contributed by atoms with Crippen LogP contribution in [0.25, 0.3) is 5.52 Å². The van der Waals surface area contributed by atoms with Gasteiger partial charge in [-0.25, -0.2) is 9.78 Å². The smallest absolute Gasteiger partial charge is 0.358 e. The maximum absolute atomic E-state index is 11.5. The lowest BCUT2D eigenvalue weighted by Gasteiger charge is -1.96. The number of carbonyl (C=O) groups excluding carboxylic acids is 1. The van der Waals surface area contributed by atoms with Gasteiger partial charge in [-0.15, -0.1) is 0 Å². The van der Waals surface area contributed by atoms with E-state index in [1.165, 1.54) is 7.11 Å². The average molecular weight is 215 g/mol. The third-order valence-corrected chi connectivity index (χ3v) is 2.24. The first-order valence-corrected chi connectivity index (χ1v) is 4.69. The van der Waals surface area contributed by atoms with Crippen molar-refractivity contribution in [1.29, 1.82) is 5.26 Å². The van der Waals surface area contributed by atoms with Gasteiger partial charge in [-0.1, -0.05) is 6.07 Å². The molecular weight excluding hydrogens is 206 g/mol. The zero-order valence-electron chi connectivity index (χ0n) is 8.67. The molecule has 0 saturated carbocycles. The van der Waals surface area contributed by atoms with Gasteiger partial charge < -0.3 is 9.14 Å². The second-order valence-corrected chi connectivity index (χ2v) is 3.16. The van der Waals surface area contributed by atoms with E-state index in [1.54, 1.807) is 22.7 Å². The van der Waals surface area contributed by atoms with Crippen LogP contribution in [0.15, 0.2) is 24.4 Å². The zero-order valence-corrected chi connectivity index (χ0v) is 8.67. The molecule has 2 aromatic rings. The number of imidazole rings is 1. The molecule has 0 bridgehead atoms. The van der Waals surface area contributed by atoms with Crippen LogP contribution in [0, 0.1) is 11.3 Å². The Hall–Kier alpha value is -2.35.